The van der Waals surface area contributed by atoms with Gasteiger partial charge in [-0.25, -0.2) is 0 Å². The second kappa shape index (κ2) is 7.69. The molecule has 1 aliphatic heterocycles. The van der Waals surface area contributed by atoms with Gasteiger partial charge in [-0.1, -0.05) is 0 Å². The molecular weight excluding hydrogens is 280 g/mol. The van der Waals surface area contributed by atoms with Crippen LogP contribution in [0, 0.1) is 0 Å². The van der Waals surface area contributed by atoms with Crippen LogP contribution in [0.1, 0.15) is 18.5 Å². The highest BCUT2D eigenvalue weighted by Crippen LogP contribution is 2.06. The van der Waals surface area contributed by atoms with Crippen molar-refractivity contribution in [1.82, 2.24) is 15.2 Å². The molecule has 0 saturated carbocycles. The molecule has 3 N–H and O–H groups in total. The topological polar surface area (TPSA) is 88.3 Å². The lowest BCUT2D eigenvalue weighted by Gasteiger charge is -2.15. The van der Waals surface area contributed by atoms with Crippen LogP contribution in [0.25, 0.3) is 0 Å². The summed E-state index contributed by atoms with van der Waals surface area (Å²) in [5, 5.41) is 2.62. The van der Waals surface area contributed by atoms with E-state index in [2.05, 4.69) is 10.3 Å². The van der Waals surface area contributed by atoms with Crippen LogP contribution in [0.15, 0.2) is 18.3 Å². The minimum Gasteiger partial charge on any atom is -0.397 e. The zero-order valence-corrected chi connectivity index (χ0v) is 12.0. The summed E-state index contributed by atoms with van der Waals surface area (Å²) >= 11 is 0. The van der Waals surface area contributed by atoms with Crippen molar-refractivity contribution >= 4 is 29.9 Å². The number of hydrogen-bond acceptors (Lipinski definition) is 4. The molecule has 1 saturated heterocycles. The van der Waals surface area contributed by atoms with E-state index in [1.807, 2.05) is 0 Å². The summed E-state index contributed by atoms with van der Waals surface area (Å²) in [5.74, 6) is -0.221. The number of nitrogen functional groups attached to an aromatic ring is 1. The molecule has 2 rings (SSSR count). The molecule has 7 heteroatoms. The Hall–Kier alpha value is -1.82. The minimum absolute atomic E-state index is 0. The van der Waals surface area contributed by atoms with E-state index in [0.717, 1.165) is 25.9 Å². The third-order valence-corrected chi connectivity index (χ3v) is 3.08. The molecule has 1 aromatic heterocycles. The van der Waals surface area contributed by atoms with Crippen LogP contribution in [-0.4, -0.2) is 41.3 Å². The second-order valence-electron chi connectivity index (χ2n) is 4.62. The van der Waals surface area contributed by atoms with Gasteiger partial charge < -0.3 is 16.0 Å². The fourth-order valence-electron chi connectivity index (χ4n) is 2.02. The van der Waals surface area contributed by atoms with Gasteiger partial charge in [-0.2, -0.15) is 0 Å². The fourth-order valence-corrected chi connectivity index (χ4v) is 2.02. The van der Waals surface area contributed by atoms with Crippen LogP contribution < -0.4 is 11.1 Å². The fraction of sp³-hybridized carbons (Fsp3) is 0.462. The summed E-state index contributed by atoms with van der Waals surface area (Å²) in [6.07, 6.45) is 3.77. The van der Waals surface area contributed by atoms with E-state index in [0.29, 0.717) is 11.4 Å². The monoisotopic (exact) mass is 298 g/mol. The Morgan fingerprint density at radius 1 is 1.30 bits per heavy atom. The Bertz CT molecular complexity index is 458. The molecule has 110 valence electrons. The zero-order chi connectivity index (χ0) is 13.7. The standard InChI is InChI=1S/C13H18N4O2.ClH/c14-10-3-4-11(15-8-10)7-12(18)16-9-13(19)17-5-1-2-6-17;/h3-4,8H,1-2,5-7,9,14H2,(H,16,18);1H. The van der Waals surface area contributed by atoms with Crippen molar-refractivity contribution in [2.75, 3.05) is 25.4 Å². The van der Waals surface area contributed by atoms with E-state index >= 15 is 0 Å². The first-order valence-corrected chi connectivity index (χ1v) is 6.40. The molecule has 0 unspecified atom stereocenters. The molecule has 0 aliphatic carbocycles. The molecule has 0 radical (unpaired) electrons. The van der Waals surface area contributed by atoms with Gasteiger partial charge in [0.2, 0.25) is 11.8 Å². The molecule has 2 amide bonds. The van der Waals surface area contributed by atoms with Crippen molar-refractivity contribution in [2.45, 2.75) is 19.3 Å². The van der Waals surface area contributed by atoms with Crippen molar-refractivity contribution in [3.8, 4) is 0 Å². The summed E-state index contributed by atoms with van der Waals surface area (Å²) in [7, 11) is 0. The zero-order valence-electron chi connectivity index (χ0n) is 11.2. The van der Waals surface area contributed by atoms with Crippen molar-refractivity contribution in [3.05, 3.63) is 24.0 Å². The number of pyridine rings is 1. The number of nitrogens with one attached hydrogen (secondary N) is 1. The first kappa shape index (κ1) is 16.2. The molecule has 0 spiro atoms. The summed E-state index contributed by atoms with van der Waals surface area (Å²) < 4.78 is 0. The van der Waals surface area contributed by atoms with Crippen LogP contribution in [0.5, 0.6) is 0 Å². The maximum Gasteiger partial charge on any atom is 0.241 e. The summed E-state index contributed by atoms with van der Waals surface area (Å²) in [6, 6.07) is 3.40. The number of nitrogens with two attached hydrogens (primary N) is 1. The van der Waals surface area contributed by atoms with Gasteiger partial charge >= 0.3 is 0 Å². The number of carbonyl (C=O) groups excluding carboxylic acids is 2. The van der Waals surface area contributed by atoms with Gasteiger partial charge in [0.05, 0.1) is 24.8 Å². The smallest absolute Gasteiger partial charge is 0.241 e. The highest BCUT2D eigenvalue weighted by Gasteiger charge is 2.18. The highest BCUT2D eigenvalue weighted by atomic mass is 35.5. The van der Waals surface area contributed by atoms with Crippen LogP contribution in [0.2, 0.25) is 0 Å². The number of likely N-dealkylation sites (tertiary alicyclic amines) is 1. The first-order chi connectivity index (χ1) is 9.15. The van der Waals surface area contributed by atoms with Gasteiger partial charge in [0.25, 0.3) is 0 Å². The molecule has 0 bridgehead atoms. The van der Waals surface area contributed by atoms with Gasteiger partial charge in [-0.05, 0) is 25.0 Å². The van der Waals surface area contributed by atoms with Crippen molar-refractivity contribution in [2.24, 2.45) is 0 Å². The average molecular weight is 299 g/mol. The van der Waals surface area contributed by atoms with Crippen LogP contribution in [0.3, 0.4) is 0 Å². The van der Waals surface area contributed by atoms with E-state index in [9.17, 15) is 9.59 Å². The highest BCUT2D eigenvalue weighted by molar-refractivity contribution is 5.86. The Kier molecular flexibility index (Phi) is 6.24. The second-order valence-corrected chi connectivity index (χ2v) is 4.62. The first-order valence-electron chi connectivity index (χ1n) is 6.40. The van der Waals surface area contributed by atoms with E-state index in [1.54, 1.807) is 17.0 Å². The van der Waals surface area contributed by atoms with Gasteiger partial charge in [0.1, 0.15) is 0 Å². The third-order valence-electron chi connectivity index (χ3n) is 3.08. The van der Waals surface area contributed by atoms with Crippen LogP contribution >= 0.6 is 12.4 Å². The quantitative estimate of drug-likeness (QED) is 0.840. The van der Waals surface area contributed by atoms with Crippen LogP contribution in [-0.2, 0) is 16.0 Å². The molecular formula is C13H19ClN4O2. The van der Waals surface area contributed by atoms with Gasteiger partial charge in [-0.3, -0.25) is 14.6 Å². The van der Waals surface area contributed by atoms with Crippen molar-refractivity contribution < 1.29 is 9.59 Å². The van der Waals surface area contributed by atoms with Gasteiger partial charge in [-0.15, -0.1) is 12.4 Å². The van der Waals surface area contributed by atoms with Crippen molar-refractivity contribution in [1.29, 1.82) is 0 Å². The number of aromatic nitrogens is 1. The third kappa shape index (κ3) is 4.70. The predicted molar refractivity (Wildman–Crippen MR) is 78.4 cm³/mol. The Labute approximate surface area is 124 Å². The number of hydrogen-bond donors (Lipinski definition) is 2. The van der Waals surface area contributed by atoms with Crippen molar-refractivity contribution in [3.63, 3.8) is 0 Å². The number of nitrogens with zero attached hydrogens (tertiary/aromatic N) is 2. The predicted octanol–water partition coefficient (Wildman–Crippen LogP) is 0.367. The lowest BCUT2D eigenvalue weighted by atomic mass is 10.2. The summed E-state index contributed by atoms with van der Waals surface area (Å²) in [6.45, 7) is 1.66. The molecule has 0 atom stereocenters. The molecule has 20 heavy (non-hydrogen) atoms. The maximum atomic E-state index is 11.7. The van der Waals surface area contributed by atoms with E-state index in [4.69, 9.17) is 5.73 Å². The Balaban J connectivity index is 0.00000200. The molecule has 6 nitrogen and oxygen atoms in total. The average Bonchev–Trinajstić information content (AvgIpc) is 2.93. The van der Waals surface area contributed by atoms with E-state index < -0.39 is 0 Å². The number of amides is 2. The largest absolute Gasteiger partial charge is 0.397 e. The molecule has 1 aliphatic rings. The van der Waals surface area contributed by atoms with Crippen LogP contribution in [0.4, 0.5) is 5.69 Å². The Morgan fingerprint density at radius 3 is 2.60 bits per heavy atom. The lowest BCUT2D eigenvalue weighted by molar-refractivity contribution is -0.131. The maximum absolute atomic E-state index is 11.7. The van der Waals surface area contributed by atoms with Gasteiger partial charge in [0.15, 0.2) is 0 Å². The molecule has 1 aromatic rings. The molecule has 2 heterocycles. The molecule has 0 aromatic carbocycles. The summed E-state index contributed by atoms with van der Waals surface area (Å²) in [5.41, 5.74) is 6.71. The number of anilines is 1. The number of rotatable bonds is 4. The van der Waals surface area contributed by atoms with Gasteiger partial charge in [0, 0.05) is 18.8 Å². The minimum atomic E-state index is -0.204. The SMILES string of the molecule is Cl.Nc1ccc(CC(=O)NCC(=O)N2CCCC2)nc1. The molecule has 1 fully saturated rings. The number of halogens is 1. The number of carbonyl (C=O) groups is 2. The lowest BCUT2D eigenvalue weighted by Crippen LogP contribution is -2.39. The summed E-state index contributed by atoms with van der Waals surface area (Å²) in [4.78, 5) is 29.2. The van der Waals surface area contributed by atoms with E-state index in [-0.39, 0.29) is 37.2 Å². The normalized spacial score (nSPS) is 13.7. The Morgan fingerprint density at radius 2 is 2.00 bits per heavy atom. The van der Waals surface area contributed by atoms with E-state index in [1.165, 1.54) is 6.20 Å².